The highest BCUT2D eigenvalue weighted by Gasteiger charge is 2.48. The van der Waals surface area contributed by atoms with Crippen molar-refractivity contribution < 1.29 is 28.5 Å². The number of amides is 2. The maximum Gasteiger partial charge on any atom is 0.348 e. The first kappa shape index (κ1) is 26.8. The second-order valence-corrected chi connectivity index (χ2v) is 12.1. The van der Waals surface area contributed by atoms with Gasteiger partial charge in [-0.1, -0.05) is 41.0 Å². The molecule has 0 aromatic heterocycles. The molecule has 0 fully saturated rings. The number of primary amides is 1. The first-order valence-electron chi connectivity index (χ1n) is 11.7. The molecule has 1 aromatic carbocycles. The number of anilines is 1. The Labute approximate surface area is 206 Å². The van der Waals surface area contributed by atoms with Gasteiger partial charge in [0.1, 0.15) is 17.1 Å². The number of carbonyl (C=O) groups excluding carboxylic acids is 2. The van der Waals surface area contributed by atoms with Gasteiger partial charge in [-0.05, 0) is 36.0 Å². The largest absolute Gasteiger partial charge is 0.509 e. The first-order valence-corrected chi connectivity index (χ1v) is 13.2. The average Bonchev–Trinajstić information content (AvgIpc) is 3.05. The quantitative estimate of drug-likeness (QED) is 0.436. The van der Waals surface area contributed by atoms with Crippen LogP contribution in [-0.2, 0) is 18.7 Å². The molecule has 0 aliphatic carbocycles. The van der Waals surface area contributed by atoms with Crippen LogP contribution in [0.3, 0.4) is 0 Å². The molecule has 2 aliphatic heterocycles. The highest BCUT2D eigenvalue weighted by molar-refractivity contribution is 7.66. The highest BCUT2D eigenvalue weighted by atomic mass is 31.2. The van der Waals surface area contributed by atoms with Crippen LogP contribution in [0.1, 0.15) is 47.5 Å². The number of amidine groups is 1. The number of carbonyl (C=O) groups is 2. The van der Waals surface area contributed by atoms with Gasteiger partial charge in [0, 0.05) is 13.7 Å². The van der Waals surface area contributed by atoms with Crippen molar-refractivity contribution in [1.82, 2.24) is 4.90 Å². The minimum Gasteiger partial charge on any atom is -0.509 e. The molecule has 4 N–H and O–H groups in total. The van der Waals surface area contributed by atoms with Crippen LogP contribution in [0.5, 0.6) is 5.75 Å². The molecule has 0 saturated heterocycles. The Hall–Kier alpha value is -2.84. The fourth-order valence-electron chi connectivity index (χ4n) is 4.23. The summed E-state index contributed by atoms with van der Waals surface area (Å²) in [6.45, 7) is 10.2. The van der Waals surface area contributed by atoms with Gasteiger partial charge in [0.2, 0.25) is 0 Å². The van der Waals surface area contributed by atoms with Gasteiger partial charge in [-0.2, -0.15) is 4.76 Å². The lowest BCUT2D eigenvalue weighted by atomic mass is 9.85. The van der Waals surface area contributed by atoms with Crippen molar-refractivity contribution in [1.29, 1.82) is 0 Å². The van der Waals surface area contributed by atoms with E-state index in [1.807, 2.05) is 20.8 Å². The minimum absolute atomic E-state index is 0.00345. The summed E-state index contributed by atoms with van der Waals surface area (Å²) >= 11 is 0. The summed E-state index contributed by atoms with van der Waals surface area (Å²) < 4.78 is 28.6. The number of hydrogen-bond acceptors (Lipinski definition) is 7. The number of nitrogens with two attached hydrogens (primary N) is 1. The molecule has 2 heterocycles. The summed E-state index contributed by atoms with van der Waals surface area (Å²) in [4.78, 5) is 26.3. The number of benzene rings is 1. The predicted molar refractivity (Wildman–Crippen MR) is 135 cm³/mol. The molecule has 192 valence electrons. The van der Waals surface area contributed by atoms with E-state index in [9.17, 15) is 19.3 Å². The third-order valence-corrected chi connectivity index (χ3v) is 8.24. The van der Waals surface area contributed by atoms with Gasteiger partial charge in [-0.15, -0.1) is 0 Å². The van der Waals surface area contributed by atoms with Crippen molar-refractivity contribution in [3.05, 3.63) is 29.5 Å². The molecule has 11 heteroatoms. The number of rotatable bonds is 9. The van der Waals surface area contributed by atoms with Crippen molar-refractivity contribution in [3.63, 3.8) is 0 Å². The summed E-state index contributed by atoms with van der Waals surface area (Å²) in [5, 5.41) is 14.5. The van der Waals surface area contributed by atoms with Crippen molar-refractivity contribution in [3.8, 4) is 5.75 Å². The van der Waals surface area contributed by atoms with Crippen LogP contribution < -0.4 is 21.1 Å². The first-order chi connectivity index (χ1) is 16.3. The number of nitrogens with one attached hydrogen (secondary N) is 1. The van der Waals surface area contributed by atoms with E-state index in [-0.39, 0.29) is 40.7 Å². The van der Waals surface area contributed by atoms with Gasteiger partial charge >= 0.3 is 7.52 Å². The van der Waals surface area contributed by atoms with E-state index in [4.69, 9.17) is 15.0 Å². The molecule has 35 heavy (non-hydrogen) atoms. The van der Waals surface area contributed by atoms with Crippen LogP contribution in [0.4, 0.5) is 5.69 Å². The fourth-order valence-corrected chi connectivity index (χ4v) is 5.76. The van der Waals surface area contributed by atoms with Gasteiger partial charge in [0.25, 0.3) is 11.8 Å². The second kappa shape index (κ2) is 10.0. The topological polar surface area (TPSA) is 144 Å². The molecule has 2 amide bonds. The number of ether oxygens (including phenoxy) is 1. The zero-order valence-electron chi connectivity index (χ0n) is 21.1. The van der Waals surface area contributed by atoms with Gasteiger partial charge in [0.15, 0.2) is 12.4 Å². The summed E-state index contributed by atoms with van der Waals surface area (Å²) in [7, 11) is -2.56. The van der Waals surface area contributed by atoms with E-state index in [1.54, 1.807) is 17.0 Å². The second-order valence-electron chi connectivity index (χ2n) is 10.0. The molecule has 0 saturated carbocycles. The molecule has 2 aliphatic rings. The Bertz CT molecular complexity index is 1120. The standard InChI is InChI=1S/C24H35N4O6P/c1-7-14(2)10-11-28-21(24(3,4)5)20(30)19(23(28)31)22-26-16-9-8-15(34-13-18(25)29)12-17(16)35(32,27-22)33-6/h8-9,12,14,21,30H,7,10-11,13H2,1-6H3,(H2,25,29)(H,26,27,32). The Kier molecular flexibility index (Phi) is 7.67. The molecular weight excluding hydrogens is 471 g/mol. The third kappa shape index (κ3) is 5.38. The monoisotopic (exact) mass is 506 g/mol. The molecule has 0 bridgehead atoms. The summed E-state index contributed by atoms with van der Waals surface area (Å²) in [5.74, 6) is -0.440. The van der Waals surface area contributed by atoms with Crippen molar-refractivity contribution in [2.45, 2.75) is 53.5 Å². The van der Waals surface area contributed by atoms with Crippen molar-refractivity contribution in [2.24, 2.45) is 21.8 Å². The third-order valence-electron chi connectivity index (χ3n) is 6.31. The summed E-state index contributed by atoms with van der Waals surface area (Å²) in [6, 6.07) is 4.06. The number of fused-ring (bicyclic) bond motifs is 1. The number of aliphatic hydroxyl groups is 1. The van der Waals surface area contributed by atoms with Crippen LogP contribution in [0.2, 0.25) is 0 Å². The average molecular weight is 507 g/mol. The van der Waals surface area contributed by atoms with E-state index >= 15 is 0 Å². The molecule has 0 spiro atoms. The predicted octanol–water partition coefficient (Wildman–Crippen LogP) is 3.34. The molecule has 0 radical (unpaired) electrons. The van der Waals surface area contributed by atoms with Gasteiger partial charge in [-0.25, -0.2) is 0 Å². The van der Waals surface area contributed by atoms with Gasteiger partial charge < -0.3 is 30.3 Å². The Morgan fingerprint density at radius 1 is 1.37 bits per heavy atom. The van der Waals surface area contributed by atoms with Gasteiger partial charge in [-0.3, -0.25) is 14.2 Å². The van der Waals surface area contributed by atoms with Crippen molar-refractivity contribution >= 4 is 36.2 Å². The smallest absolute Gasteiger partial charge is 0.348 e. The van der Waals surface area contributed by atoms with E-state index in [0.29, 0.717) is 18.2 Å². The summed E-state index contributed by atoms with van der Waals surface area (Å²) in [6.07, 6.45) is 1.78. The minimum atomic E-state index is -3.82. The Morgan fingerprint density at radius 2 is 2.06 bits per heavy atom. The van der Waals surface area contributed by atoms with E-state index < -0.39 is 24.9 Å². The number of aliphatic hydroxyl groups excluding tert-OH is 1. The van der Waals surface area contributed by atoms with Crippen molar-refractivity contribution in [2.75, 3.05) is 25.6 Å². The van der Waals surface area contributed by atoms with Crippen LogP contribution >= 0.6 is 7.52 Å². The highest BCUT2D eigenvalue weighted by Crippen LogP contribution is 2.52. The SMILES string of the molecule is CCC(C)CCN1C(=O)C(C2=NP(=O)(OC)c3cc(OCC(N)=O)ccc3N2)=C(O)C1C(C)(C)C. The molecular formula is C24H35N4O6P. The molecule has 3 rings (SSSR count). The zero-order chi connectivity index (χ0) is 26.1. The van der Waals surface area contributed by atoms with E-state index in [1.165, 1.54) is 13.2 Å². The lowest BCUT2D eigenvalue weighted by Gasteiger charge is -2.35. The van der Waals surface area contributed by atoms with Crippen LogP contribution in [0, 0.1) is 11.3 Å². The zero-order valence-corrected chi connectivity index (χ0v) is 22.0. The lowest BCUT2D eigenvalue weighted by molar-refractivity contribution is -0.128. The van der Waals surface area contributed by atoms with Crippen LogP contribution in [-0.4, -0.2) is 54.0 Å². The Morgan fingerprint density at radius 3 is 2.63 bits per heavy atom. The Balaban J connectivity index is 2.02. The maximum atomic E-state index is 13.7. The van der Waals surface area contributed by atoms with Gasteiger partial charge in [0.05, 0.1) is 17.0 Å². The lowest BCUT2D eigenvalue weighted by Crippen LogP contribution is -2.45. The van der Waals surface area contributed by atoms with E-state index in [2.05, 4.69) is 23.9 Å². The summed E-state index contributed by atoms with van der Waals surface area (Å²) in [5.41, 5.74) is 5.07. The molecule has 3 atom stereocenters. The number of nitrogens with zero attached hydrogens (tertiary/aromatic N) is 2. The fraction of sp³-hybridized carbons (Fsp3) is 0.542. The molecule has 10 nitrogen and oxygen atoms in total. The normalized spacial score (nSPS) is 23.0. The van der Waals surface area contributed by atoms with E-state index in [0.717, 1.165) is 12.8 Å². The maximum absolute atomic E-state index is 13.7. The van der Waals surface area contributed by atoms with Crippen LogP contribution in [0.25, 0.3) is 0 Å². The molecule has 1 aromatic rings. The van der Waals surface area contributed by atoms with Crippen LogP contribution in [0.15, 0.2) is 34.3 Å². The molecule has 3 unspecified atom stereocenters. The number of hydrogen-bond donors (Lipinski definition) is 3.